The average molecular weight is 300 g/mol. The Bertz CT molecular complexity index is 440. The first-order valence-corrected chi connectivity index (χ1v) is 7.19. The highest BCUT2D eigenvalue weighted by Gasteiger charge is 2.15. The van der Waals surface area contributed by atoms with Crippen LogP contribution in [0.3, 0.4) is 0 Å². The highest BCUT2D eigenvalue weighted by Crippen LogP contribution is 2.16. The van der Waals surface area contributed by atoms with Crippen molar-refractivity contribution in [3.63, 3.8) is 0 Å². The van der Waals surface area contributed by atoms with Gasteiger partial charge in [-0.3, -0.25) is 4.79 Å². The number of hydrogen-bond donors (Lipinski definition) is 1. The van der Waals surface area contributed by atoms with E-state index in [9.17, 15) is 4.79 Å². The van der Waals surface area contributed by atoms with Crippen LogP contribution in [0.15, 0.2) is 12.1 Å². The number of carbonyl (C=O) groups is 1. The molecule has 0 saturated heterocycles. The Morgan fingerprint density at radius 2 is 2.20 bits per heavy atom. The molecule has 0 aliphatic carbocycles. The Labute approximate surface area is 125 Å². The third-order valence-electron chi connectivity index (χ3n) is 2.83. The number of aromatic nitrogens is 1. The number of anilines is 1. The fraction of sp³-hybridized carbons (Fsp3) is 0.571. The van der Waals surface area contributed by atoms with Gasteiger partial charge in [0.05, 0.1) is 6.61 Å². The van der Waals surface area contributed by atoms with Crippen LogP contribution in [-0.2, 0) is 4.74 Å². The molecule has 0 spiro atoms. The number of halogens is 1. The summed E-state index contributed by atoms with van der Waals surface area (Å²) in [4.78, 5) is 18.3. The maximum Gasteiger partial charge on any atom is 0.254 e. The normalized spacial score (nSPS) is 10.4. The molecule has 6 heteroatoms. The summed E-state index contributed by atoms with van der Waals surface area (Å²) in [7, 11) is 1.62. The lowest BCUT2D eigenvalue weighted by atomic mass is 10.2. The lowest BCUT2D eigenvalue weighted by molar-refractivity contribution is 0.0706. The van der Waals surface area contributed by atoms with Crippen molar-refractivity contribution in [2.24, 2.45) is 0 Å². The van der Waals surface area contributed by atoms with E-state index in [-0.39, 0.29) is 5.91 Å². The van der Waals surface area contributed by atoms with Crippen molar-refractivity contribution in [3.8, 4) is 0 Å². The predicted octanol–water partition coefficient (Wildman–Crippen LogP) is 2.67. The molecule has 20 heavy (non-hydrogen) atoms. The van der Waals surface area contributed by atoms with Crippen LogP contribution in [-0.4, -0.2) is 49.1 Å². The number of nitrogens with zero attached hydrogens (tertiary/aromatic N) is 2. The van der Waals surface area contributed by atoms with Gasteiger partial charge in [0.2, 0.25) is 0 Å². The van der Waals surface area contributed by atoms with Gasteiger partial charge in [0.1, 0.15) is 11.0 Å². The van der Waals surface area contributed by atoms with Crippen molar-refractivity contribution in [1.82, 2.24) is 9.88 Å². The van der Waals surface area contributed by atoms with Crippen LogP contribution in [0.4, 0.5) is 5.82 Å². The molecule has 1 N–H and O–H groups in total. The first-order valence-electron chi connectivity index (χ1n) is 6.82. The van der Waals surface area contributed by atoms with Crippen LogP contribution < -0.4 is 5.32 Å². The van der Waals surface area contributed by atoms with E-state index in [0.717, 1.165) is 13.0 Å². The topological polar surface area (TPSA) is 54.5 Å². The fourth-order valence-electron chi connectivity index (χ4n) is 1.75. The van der Waals surface area contributed by atoms with E-state index in [0.29, 0.717) is 36.2 Å². The summed E-state index contributed by atoms with van der Waals surface area (Å²) in [5, 5.41) is 3.46. The molecule has 0 unspecified atom stereocenters. The molecule has 1 aromatic heterocycles. The lowest BCUT2D eigenvalue weighted by Crippen LogP contribution is -2.33. The zero-order chi connectivity index (χ0) is 15.0. The first kappa shape index (κ1) is 16.7. The van der Waals surface area contributed by atoms with Crippen molar-refractivity contribution in [3.05, 3.63) is 22.8 Å². The second-order valence-electron chi connectivity index (χ2n) is 4.37. The number of carbonyl (C=O) groups excluding carboxylic acids is 1. The number of methoxy groups -OCH3 is 1. The molecular formula is C14H22ClN3O2. The van der Waals surface area contributed by atoms with Gasteiger partial charge in [-0.1, -0.05) is 18.5 Å². The molecule has 1 rings (SSSR count). The summed E-state index contributed by atoms with van der Waals surface area (Å²) < 4.78 is 5.02. The van der Waals surface area contributed by atoms with E-state index in [1.54, 1.807) is 24.1 Å². The smallest absolute Gasteiger partial charge is 0.254 e. The van der Waals surface area contributed by atoms with E-state index in [2.05, 4.69) is 17.2 Å². The van der Waals surface area contributed by atoms with Crippen LogP contribution in [0, 0.1) is 0 Å². The Morgan fingerprint density at radius 1 is 1.45 bits per heavy atom. The van der Waals surface area contributed by atoms with Gasteiger partial charge >= 0.3 is 0 Å². The number of hydrogen-bond acceptors (Lipinski definition) is 4. The molecule has 0 atom stereocenters. The van der Waals surface area contributed by atoms with Crippen molar-refractivity contribution >= 4 is 23.3 Å². The van der Waals surface area contributed by atoms with Crippen molar-refractivity contribution in [1.29, 1.82) is 0 Å². The molecule has 0 radical (unpaired) electrons. The third-order valence-corrected chi connectivity index (χ3v) is 3.03. The summed E-state index contributed by atoms with van der Waals surface area (Å²) in [5.41, 5.74) is 0.543. The molecule has 5 nitrogen and oxygen atoms in total. The van der Waals surface area contributed by atoms with Crippen LogP contribution in [0.5, 0.6) is 0 Å². The number of amides is 1. The highest BCUT2D eigenvalue weighted by atomic mass is 35.5. The maximum atomic E-state index is 12.4. The molecule has 1 heterocycles. The van der Waals surface area contributed by atoms with Crippen LogP contribution in [0.2, 0.25) is 5.15 Å². The zero-order valence-corrected chi connectivity index (χ0v) is 13.0. The summed E-state index contributed by atoms with van der Waals surface area (Å²) in [6.45, 7) is 6.49. The predicted molar refractivity (Wildman–Crippen MR) is 81.5 cm³/mol. The highest BCUT2D eigenvalue weighted by molar-refractivity contribution is 6.29. The zero-order valence-electron chi connectivity index (χ0n) is 12.3. The molecule has 1 aromatic rings. The average Bonchev–Trinajstić information content (AvgIpc) is 2.45. The standard InChI is InChI=1S/C14H22ClN3O2/c1-4-6-16-13-10-11(9-12(15)17-13)14(19)18(5-2)7-8-20-3/h9-10H,4-8H2,1-3H3,(H,16,17). The first-order chi connectivity index (χ1) is 9.62. The molecular weight excluding hydrogens is 278 g/mol. The second kappa shape index (κ2) is 8.76. The number of rotatable bonds is 8. The molecule has 0 aliphatic rings. The van der Waals surface area contributed by atoms with Crippen molar-refractivity contribution < 1.29 is 9.53 Å². The second-order valence-corrected chi connectivity index (χ2v) is 4.76. The molecule has 112 valence electrons. The Kier molecular flexibility index (Phi) is 7.33. The number of nitrogens with one attached hydrogen (secondary N) is 1. The lowest BCUT2D eigenvalue weighted by Gasteiger charge is -2.20. The van der Waals surface area contributed by atoms with E-state index in [1.165, 1.54) is 0 Å². The van der Waals surface area contributed by atoms with Gasteiger partial charge in [0.15, 0.2) is 0 Å². The van der Waals surface area contributed by atoms with Crippen molar-refractivity contribution in [2.75, 3.05) is 38.7 Å². The minimum Gasteiger partial charge on any atom is -0.383 e. The Morgan fingerprint density at radius 3 is 2.80 bits per heavy atom. The SMILES string of the molecule is CCCNc1cc(C(=O)N(CC)CCOC)cc(Cl)n1. The molecule has 0 bridgehead atoms. The van der Waals surface area contributed by atoms with E-state index in [4.69, 9.17) is 16.3 Å². The van der Waals surface area contributed by atoms with E-state index >= 15 is 0 Å². The van der Waals surface area contributed by atoms with E-state index < -0.39 is 0 Å². The summed E-state index contributed by atoms with van der Waals surface area (Å²) in [6.07, 6.45) is 0.979. The minimum absolute atomic E-state index is 0.0617. The van der Waals surface area contributed by atoms with Gasteiger partial charge in [-0.15, -0.1) is 0 Å². The molecule has 1 amide bonds. The summed E-state index contributed by atoms with van der Waals surface area (Å²) >= 11 is 5.98. The van der Waals surface area contributed by atoms with Gasteiger partial charge in [-0.25, -0.2) is 4.98 Å². The summed E-state index contributed by atoms with van der Waals surface area (Å²) in [6, 6.07) is 3.33. The quantitative estimate of drug-likeness (QED) is 0.750. The van der Waals surface area contributed by atoms with Crippen LogP contribution in [0.1, 0.15) is 30.6 Å². The molecule has 0 saturated carbocycles. The largest absolute Gasteiger partial charge is 0.383 e. The Balaban J connectivity index is 2.87. The van der Waals surface area contributed by atoms with Gasteiger partial charge < -0.3 is 15.0 Å². The maximum absolute atomic E-state index is 12.4. The Hall–Kier alpha value is -1.33. The number of likely N-dealkylation sites (N-methyl/N-ethyl adjacent to an activating group) is 1. The fourth-order valence-corrected chi connectivity index (χ4v) is 1.96. The van der Waals surface area contributed by atoms with Gasteiger partial charge in [-0.2, -0.15) is 0 Å². The van der Waals surface area contributed by atoms with E-state index in [1.807, 2.05) is 6.92 Å². The molecule has 0 aromatic carbocycles. The molecule has 0 aliphatic heterocycles. The van der Waals surface area contributed by atoms with Crippen molar-refractivity contribution in [2.45, 2.75) is 20.3 Å². The summed E-state index contributed by atoms with van der Waals surface area (Å²) in [5.74, 6) is 0.568. The van der Waals surface area contributed by atoms with Crippen LogP contribution >= 0.6 is 11.6 Å². The third kappa shape index (κ3) is 4.98. The number of pyridine rings is 1. The molecule has 0 fully saturated rings. The van der Waals surface area contributed by atoms with Gasteiger partial charge in [-0.05, 0) is 25.5 Å². The van der Waals surface area contributed by atoms with Crippen LogP contribution in [0.25, 0.3) is 0 Å². The van der Waals surface area contributed by atoms with Gasteiger partial charge in [0, 0.05) is 32.3 Å². The van der Waals surface area contributed by atoms with Gasteiger partial charge in [0.25, 0.3) is 5.91 Å². The monoisotopic (exact) mass is 299 g/mol. The number of ether oxygens (including phenoxy) is 1. The minimum atomic E-state index is -0.0617.